The van der Waals surface area contributed by atoms with Crippen molar-refractivity contribution in [3.05, 3.63) is 57.2 Å². The molecule has 0 aliphatic carbocycles. The van der Waals surface area contributed by atoms with E-state index in [1.54, 1.807) is 6.92 Å². The van der Waals surface area contributed by atoms with Gasteiger partial charge in [0, 0.05) is 12.2 Å². The Morgan fingerprint density at radius 1 is 1.25 bits per heavy atom. The maximum absolute atomic E-state index is 13.0. The van der Waals surface area contributed by atoms with Crippen LogP contribution in [0, 0.1) is 12.7 Å². The first kappa shape index (κ1) is 19.7. The number of thiophene rings is 1. The lowest BCUT2D eigenvalue weighted by Gasteiger charge is -2.06. The molecule has 0 saturated heterocycles. The number of halogens is 1. The first-order valence-corrected chi connectivity index (χ1v) is 9.54. The highest BCUT2D eigenvalue weighted by molar-refractivity contribution is 7.20. The van der Waals surface area contributed by atoms with Crippen LogP contribution in [0.3, 0.4) is 0 Å². The van der Waals surface area contributed by atoms with Crippen LogP contribution in [0.5, 0.6) is 0 Å². The van der Waals surface area contributed by atoms with Crippen LogP contribution in [0.4, 0.5) is 10.1 Å². The van der Waals surface area contributed by atoms with Crippen LogP contribution < -0.4 is 16.2 Å². The Morgan fingerprint density at radius 3 is 2.64 bits per heavy atom. The molecule has 9 heteroatoms. The van der Waals surface area contributed by atoms with Gasteiger partial charge in [-0.05, 0) is 43.2 Å². The van der Waals surface area contributed by atoms with E-state index in [0.717, 1.165) is 17.8 Å². The van der Waals surface area contributed by atoms with Crippen LogP contribution in [0.25, 0.3) is 10.2 Å². The Balaban J connectivity index is 1.89. The lowest BCUT2D eigenvalue weighted by atomic mass is 10.2. The molecule has 28 heavy (non-hydrogen) atoms. The minimum atomic E-state index is -0.404. The Bertz CT molecular complexity index is 1090. The summed E-state index contributed by atoms with van der Waals surface area (Å²) in [7, 11) is 0. The number of fused-ring (bicyclic) bond motifs is 1. The molecule has 146 valence electrons. The number of carbonyl (C=O) groups is 2. The fourth-order valence-corrected chi connectivity index (χ4v) is 3.72. The first-order chi connectivity index (χ1) is 13.4. The summed E-state index contributed by atoms with van der Waals surface area (Å²) in [5, 5.41) is 5.71. The second kappa shape index (κ2) is 8.30. The third kappa shape index (κ3) is 4.09. The van der Waals surface area contributed by atoms with Gasteiger partial charge in [0.15, 0.2) is 0 Å². The van der Waals surface area contributed by atoms with Gasteiger partial charge in [-0.2, -0.15) is 0 Å². The summed E-state index contributed by atoms with van der Waals surface area (Å²) in [5.74, 6) is -1.07. The predicted molar refractivity (Wildman–Crippen MR) is 106 cm³/mol. The van der Waals surface area contributed by atoms with Crippen molar-refractivity contribution in [3.8, 4) is 0 Å². The monoisotopic (exact) mass is 402 g/mol. The minimum Gasteiger partial charge on any atom is -0.355 e. The highest BCUT2D eigenvalue weighted by atomic mass is 32.1. The summed E-state index contributed by atoms with van der Waals surface area (Å²) in [6.07, 6.45) is 2.11. The van der Waals surface area contributed by atoms with E-state index < -0.39 is 11.7 Å². The Kier molecular flexibility index (Phi) is 5.84. The molecular weight excluding hydrogens is 383 g/mol. The Labute approximate surface area is 164 Å². The number of carbonyl (C=O) groups excluding carboxylic acids is 2. The molecule has 0 fully saturated rings. The van der Waals surface area contributed by atoms with Gasteiger partial charge in [-0.1, -0.05) is 6.92 Å². The SMILES string of the molecule is CCCNC(=O)Cn1cnc2sc(C(=O)Nc3ccc(F)cc3)c(C)c2c1=O. The first-order valence-electron chi connectivity index (χ1n) is 8.73. The van der Waals surface area contributed by atoms with Crippen molar-refractivity contribution in [1.29, 1.82) is 0 Å². The van der Waals surface area contributed by atoms with E-state index in [1.165, 1.54) is 35.2 Å². The molecule has 3 aromatic rings. The average molecular weight is 402 g/mol. The number of aryl methyl sites for hydroxylation is 1. The van der Waals surface area contributed by atoms with Gasteiger partial charge in [-0.3, -0.25) is 19.0 Å². The molecule has 0 aliphatic heterocycles. The van der Waals surface area contributed by atoms with Gasteiger partial charge in [-0.25, -0.2) is 9.37 Å². The van der Waals surface area contributed by atoms with Gasteiger partial charge in [0.1, 0.15) is 17.2 Å². The fraction of sp³-hybridized carbons (Fsp3) is 0.263. The number of anilines is 1. The summed E-state index contributed by atoms with van der Waals surface area (Å²) in [5.41, 5.74) is 0.577. The standard InChI is InChI=1S/C19H19FN4O3S/c1-3-8-21-14(25)9-24-10-22-18-15(19(24)27)11(2)16(28-18)17(26)23-13-6-4-12(20)5-7-13/h4-7,10H,3,8-9H2,1-2H3,(H,21,25)(H,23,26). The topological polar surface area (TPSA) is 93.1 Å². The quantitative estimate of drug-likeness (QED) is 0.663. The molecule has 2 amide bonds. The lowest BCUT2D eigenvalue weighted by molar-refractivity contribution is -0.121. The number of hydrogen-bond donors (Lipinski definition) is 2. The molecule has 0 spiro atoms. The van der Waals surface area contributed by atoms with Crippen molar-refractivity contribution in [2.45, 2.75) is 26.8 Å². The van der Waals surface area contributed by atoms with Gasteiger partial charge in [0.25, 0.3) is 11.5 Å². The molecule has 7 nitrogen and oxygen atoms in total. The number of aromatic nitrogens is 2. The number of benzene rings is 1. The molecule has 3 rings (SSSR count). The molecule has 0 bridgehead atoms. The molecule has 2 N–H and O–H groups in total. The fourth-order valence-electron chi connectivity index (χ4n) is 2.68. The molecular formula is C19H19FN4O3S. The smallest absolute Gasteiger partial charge is 0.266 e. The van der Waals surface area contributed by atoms with Crippen LogP contribution in [-0.4, -0.2) is 27.9 Å². The predicted octanol–water partition coefficient (Wildman–Crippen LogP) is 2.68. The van der Waals surface area contributed by atoms with E-state index in [1.807, 2.05) is 6.92 Å². The van der Waals surface area contributed by atoms with Crippen LogP contribution >= 0.6 is 11.3 Å². The zero-order chi connectivity index (χ0) is 20.3. The van der Waals surface area contributed by atoms with Crippen LogP contribution in [0.15, 0.2) is 35.4 Å². The normalized spacial score (nSPS) is 10.8. The third-order valence-corrected chi connectivity index (χ3v) is 5.31. The summed E-state index contributed by atoms with van der Waals surface area (Å²) in [6.45, 7) is 4.01. The second-order valence-corrected chi connectivity index (χ2v) is 7.22. The summed E-state index contributed by atoms with van der Waals surface area (Å²) in [4.78, 5) is 42.3. The molecule has 1 aromatic carbocycles. The van der Waals surface area contributed by atoms with Crippen LogP contribution in [0.1, 0.15) is 28.6 Å². The molecule has 2 aromatic heterocycles. The number of hydrogen-bond acceptors (Lipinski definition) is 5. The highest BCUT2D eigenvalue weighted by Gasteiger charge is 2.20. The summed E-state index contributed by atoms with van der Waals surface area (Å²) in [6, 6.07) is 5.40. The van der Waals surface area contributed by atoms with Crippen LogP contribution in [0.2, 0.25) is 0 Å². The van der Waals surface area contributed by atoms with E-state index in [2.05, 4.69) is 15.6 Å². The zero-order valence-electron chi connectivity index (χ0n) is 15.4. The van der Waals surface area contributed by atoms with Gasteiger partial charge < -0.3 is 10.6 Å². The maximum atomic E-state index is 13.0. The number of nitrogens with zero attached hydrogens (tertiary/aromatic N) is 2. The van der Waals surface area contributed by atoms with Gasteiger partial charge in [0.05, 0.1) is 16.6 Å². The van der Waals surface area contributed by atoms with Crippen molar-refractivity contribution in [2.24, 2.45) is 0 Å². The highest BCUT2D eigenvalue weighted by Crippen LogP contribution is 2.27. The van der Waals surface area contributed by atoms with Gasteiger partial charge in [0.2, 0.25) is 5.91 Å². The molecule has 0 atom stereocenters. The van der Waals surface area contributed by atoms with Gasteiger partial charge >= 0.3 is 0 Å². The molecule has 2 heterocycles. The van der Waals surface area contributed by atoms with E-state index in [9.17, 15) is 18.8 Å². The second-order valence-electron chi connectivity index (χ2n) is 6.22. The van der Waals surface area contributed by atoms with E-state index in [4.69, 9.17) is 0 Å². The number of nitrogens with one attached hydrogen (secondary N) is 2. The van der Waals surface area contributed by atoms with E-state index in [0.29, 0.717) is 32.9 Å². The molecule has 0 radical (unpaired) electrons. The zero-order valence-corrected chi connectivity index (χ0v) is 16.2. The minimum absolute atomic E-state index is 0.131. The summed E-state index contributed by atoms with van der Waals surface area (Å²) < 4.78 is 14.2. The number of amides is 2. The van der Waals surface area contributed by atoms with Crippen molar-refractivity contribution >= 4 is 39.1 Å². The Morgan fingerprint density at radius 2 is 1.96 bits per heavy atom. The van der Waals surface area contributed by atoms with E-state index in [-0.39, 0.29) is 18.0 Å². The maximum Gasteiger partial charge on any atom is 0.266 e. The molecule has 0 saturated carbocycles. The van der Waals surface area contributed by atoms with Crippen molar-refractivity contribution < 1.29 is 14.0 Å². The summed E-state index contributed by atoms with van der Waals surface area (Å²) >= 11 is 1.10. The van der Waals surface area contributed by atoms with Crippen LogP contribution in [-0.2, 0) is 11.3 Å². The van der Waals surface area contributed by atoms with Crippen molar-refractivity contribution in [3.63, 3.8) is 0 Å². The largest absolute Gasteiger partial charge is 0.355 e. The Hall–Kier alpha value is -3.07. The third-order valence-electron chi connectivity index (χ3n) is 4.11. The molecule has 0 aliphatic rings. The number of rotatable bonds is 6. The average Bonchev–Trinajstić information content (AvgIpc) is 3.01. The van der Waals surface area contributed by atoms with E-state index >= 15 is 0 Å². The van der Waals surface area contributed by atoms with Crippen molar-refractivity contribution in [2.75, 3.05) is 11.9 Å². The molecule has 0 unspecified atom stereocenters. The van der Waals surface area contributed by atoms with Gasteiger partial charge in [-0.15, -0.1) is 11.3 Å². The lowest BCUT2D eigenvalue weighted by Crippen LogP contribution is -2.32. The van der Waals surface area contributed by atoms with Crippen molar-refractivity contribution in [1.82, 2.24) is 14.9 Å².